The minimum atomic E-state index is 0.0992. The van der Waals surface area contributed by atoms with Crippen molar-refractivity contribution >= 4 is 17.2 Å². The Bertz CT molecular complexity index is 427. The summed E-state index contributed by atoms with van der Waals surface area (Å²) in [5.74, 6) is 0.740. The zero-order valence-corrected chi connectivity index (χ0v) is 10.8. The number of piperazine rings is 1. The van der Waals surface area contributed by atoms with Crippen LogP contribution in [0.5, 0.6) is 0 Å². The maximum Gasteiger partial charge on any atom is 0.273 e. The van der Waals surface area contributed by atoms with Crippen molar-refractivity contribution in [2.24, 2.45) is 0 Å². The van der Waals surface area contributed by atoms with Gasteiger partial charge in [0.15, 0.2) is 0 Å². The number of hydrogen-bond acceptors (Lipinski definition) is 4. The molecule has 4 nitrogen and oxygen atoms in total. The predicted octanol–water partition coefficient (Wildman–Crippen LogP) is 1.45. The Morgan fingerprint density at radius 2 is 2.41 bits per heavy atom. The first-order chi connectivity index (χ1) is 8.25. The molecular weight excluding hydrogens is 234 g/mol. The Balaban J connectivity index is 1.75. The van der Waals surface area contributed by atoms with Crippen LogP contribution in [0.3, 0.4) is 0 Å². The summed E-state index contributed by atoms with van der Waals surface area (Å²) in [5.41, 5.74) is 0.644. The highest BCUT2D eigenvalue weighted by Gasteiger charge is 2.30. The average molecular weight is 251 g/mol. The fourth-order valence-electron chi connectivity index (χ4n) is 2.19. The van der Waals surface area contributed by atoms with Gasteiger partial charge in [0.2, 0.25) is 0 Å². The first-order valence-corrected chi connectivity index (χ1v) is 7.11. The van der Waals surface area contributed by atoms with Crippen LogP contribution in [-0.2, 0) is 0 Å². The number of aromatic nitrogens is 1. The third-order valence-electron chi connectivity index (χ3n) is 3.43. The molecule has 1 saturated carbocycles. The number of thiazole rings is 1. The second kappa shape index (κ2) is 4.38. The van der Waals surface area contributed by atoms with E-state index in [1.807, 2.05) is 10.3 Å². The quantitative estimate of drug-likeness (QED) is 0.865. The number of nitrogens with one attached hydrogen (secondary N) is 1. The number of carbonyl (C=O) groups is 1. The van der Waals surface area contributed by atoms with E-state index >= 15 is 0 Å². The lowest BCUT2D eigenvalue weighted by atomic mass is 10.2. The lowest BCUT2D eigenvalue weighted by Gasteiger charge is -2.33. The smallest absolute Gasteiger partial charge is 0.273 e. The van der Waals surface area contributed by atoms with Crippen molar-refractivity contribution in [3.63, 3.8) is 0 Å². The average Bonchev–Trinajstić information content (AvgIpc) is 3.07. The van der Waals surface area contributed by atoms with Gasteiger partial charge >= 0.3 is 0 Å². The van der Waals surface area contributed by atoms with E-state index in [9.17, 15) is 4.79 Å². The lowest BCUT2D eigenvalue weighted by Crippen LogP contribution is -2.52. The summed E-state index contributed by atoms with van der Waals surface area (Å²) in [7, 11) is 0. The van der Waals surface area contributed by atoms with E-state index in [0.717, 1.165) is 24.6 Å². The standard InChI is InChI=1S/C12H17N3OS/c1-8-6-13-4-5-15(8)12(16)10-7-17-11(14-10)9-2-3-9/h7-9,13H,2-6H2,1H3. The van der Waals surface area contributed by atoms with Crippen LogP contribution in [0, 0.1) is 0 Å². The van der Waals surface area contributed by atoms with Gasteiger partial charge in [-0.1, -0.05) is 0 Å². The van der Waals surface area contributed by atoms with Gasteiger partial charge in [-0.15, -0.1) is 11.3 Å². The highest BCUT2D eigenvalue weighted by atomic mass is 32.1. The number of nitrogens with zero attached hydrogens (tertiary/aromatic N) is 2. The van der Waals surface area contributed by atoms with Gasteiger partial charge in [-0.2, -0.15) is 0 Å². The van der Waals surface area contributed by atoms with E-state index in [4.69, 9.17) is 0 Å². The van der Waals surface area contributed by atoms with Crippen molar-refractivity contribution in [1.82, 2.24) is 15.2 Å². The molecule has 1 N–H and O–H groups in total. The molecule has 2 fully saturated rings. The highest BCUT2D eigenvalue weighted by molar-refractivity contribution is 7.10. The summed E-state index contributed by atoms with van der Waals surface area (Å²) in [6.45, 7) is 4.63. The summed E-state index contributed by atoms with van der Waals surface area (Å²) in [4.78, 5) is 18.7. The van der Waals surface area contributed by atoms with Gasteiger partial charge in [-0.05, 0) is 19.8 Å². The minimum Gasteiger partial charge on any atom is -0.332 e. The zero-order valence-electron chi connectivity index (χ0n) is 9.98. The molecule has 2 heterocycles. The zero-order chi connectivity index (χ0) is 11.8. The molecule has 5 heteroatoms. The Morgan fingerprint density at radius 1 is 1.59 bits per heavy atom. The van der Waals surface area contributed by atoms with E-state index in [2.05, 4.69) is 17.2 Å². The summed E-state index contributed by atoms with van der Waals surface area (Å²) in [5, 5.41) is 6.36. The second-order valence-electron chi connectivity index (χ2n) is 4.90. The third-order valence-corrected chi connectivity index (χ3v) is 4.44. The number of carbonyl (C=O) groups excluding carboxylic acids is 1. The molecule has 0 radical (unpaired) electrons. The Labute approximate surface area is 105 Å². The van der Waals surface area contributed by atoms with E-state index in [0.29, 0.717) is 11.6 Å². The van der Waals surface area contributed by atoms with Crippen LogP contribution in [0.1, 0.15) is 41.2 Å². The maximum atomic E-state index is 12.3. The molecule has 0 spiro atoms. The van der Waals surface area contributed by atoms with Crippen LogP contribution in [0.2, 0.25) is 0 Å². The molecule has 1 aliphatic carbocycles. The molecule has 1 unspecified atom stereocenters. The lowest BCUT2D eigenvalue weighted by molar-refractivity contribution is 0.0650. The molecule has 17 heavy (non-hydrogen) atoms. The second-order valence-corrected chi connectivity index (χ2v) is 5.79. The summed E-state index contributed by atoms with van der Waals surface area (Å²) in [6, 6.07) is 0.266. The molecule has 1 amide bonds. The molecule has 1 atom stereocenters. The van der Waals surface area contributed by atoms with Gasteiger partial charge in [-0.3, -0.25) is 4.79 Å². The molecular formula is C12H17N3OS. The van der Waals surface area contributed by atoms with Crippen molar-refractivity contribution in [2.75, 3.05) is 19.6 Å². The Hall–Kier alpha value is -0.940. The fourth-order valence-corrected chi connectivity index (χ4v) is 3.16. The first-order valence-electron chi connectivity index (χ1n) is 6.23. The van der Waals surface area contributed by atoms with Gasteiger partial charge in [0.1, 0.15) is 5.69 Å². The van der Waals surface area contributed by atoms with Crippen LogP contribution < -0.4 is 5.32 Å². The van der Waals surface area contributed by atoms with Crippen LogP contribution >= 0.6 is 11.3 Å². The van der Waals surface area contributed by atoms with Crippen molar-refractivity contribution in [2.45, 2.75) is 31.7 Å². The fraction of sp³-hybridized carbons (Fsp3) is 0.667. The van der Waals surface area contributed by atoms with Crippen molar-refractivity contribution in [3.05, 3.63) is 16.1 Å². The summed E-state index contributed by atoms with van der Waals surface area (Å²) in [6.07, 6.45) is 2.48. The topological polar surface area (TPSA) is 45.2 Å². The monoisotopic (exact) mass is 251 g/mol. The normalized spacial score (nSPS) is 25.0. The molecule has 1 saturated heterocycles. The molecule has 0 bridgehead atoms. The van der Waals surface area contributed by atoms with Crippen molar-refractivity contribution < 1.29 is 4.79 Å². The molecule has 0 aromatic carbocycles. The molecule has 1 aromatic rings. The van der Waals surface area contributed by atoms with Gasteiger partial charge in [0.05, 0.1) is 5.01 Å². The molecule has 3 rings (SSSR count). The van der Waals surface area contributed by atoms with Crippen LogP contribution in [-0.4, -0.2) is 41.5 Å². The number of hydrogen-bond donors (Lipinski definition) is 1. The molecule has 1 aliphatic heterocycles. The number of amides is 1. The summed E-state index contributed by atoms with van der Waals surface area (Å²) >= 11 is 1.64. The van der Waals surface area contributed by atoms with Crippen LogP contribution in [0.15, 0.2) is 5.38 Å². The van der Waals surface area contributed by atoms with Crippen molar-refractivity contribution in [1.29, 1.82) is 0 Å². The number of rotatable bonds is 2. The van der Waals surface area contributed by atoms with Gasteiger partial charge < -0.3 is 10.2 Å². The van der Waals surface area contributed by atoms with E-state index in [1.54, 1.807) is 11.3 Å². The van der Waals surface area contributed by atoms with E-state index in [1.165, 1.54) is 12.8 Å². The minimum absolute atomic E-state index is 0.0992. The van der Waals surface area contributed by atoms with Gasteiger partial charge in [0, 0.05) is 37.0 Å². The van der Waals surface area contributed by atoms with Crippen molar-refractivity contribution in [3.8, 4) is 0 Å². The summed E-state index contributed by atoms with van der Waals surface area (Å²) < 4.78 is 0. The van der Waals surface area contributed by atoms with E-state index < -0.39 is 0 Å². The Morgan fingerprint density at radius 3 is 3.12 bits per heavy atom. The molecule has 1 aromatic heterocycles. The first kappa shape index (κ1) is 11.2. The van der Waals surface area contributed by atoms with E-state index in [-0.39, 0.29) is 11.9 Å². The highest BCUT2D eigenvalue weighted by Crippen LogP contribution is 2.41. The van der Waals surface area contributed by atoms with Crippen LogP contribution in [0.4, 0.5) is 0 Å². The Kier molecular flexibility index (Phi) is 2.88. The predicted molar refractivity (Wildman–Crippen MR) is 67.5 cm³/mol. The molecule has 2 aliphatic rings. The van der Waals surface area contributed by atoms with Gasteiger partial charge in [-0.25, -0.2) is 4.98 Å². The largest absolute Gasteiger partial charge is 0.332 e. The molecule has 92 valence electrons. The maximum absolute atomic E-state index is 12.3. The van der Waals surface area contributed by atoms with Gasteiger partial charge in [0.25, 0.3) is 5.91 Å². The van der Waals surface area contributed by atoms with Crippen LogP contribution in [0.25, 0.3) is 0 Å². The third kappa shape index (κ3) is 2.21. The SMILES string of the molecule is CC1CNCCN1C(=O)c1csc(C2CC2)n1.